The van der Waals surface area contributed by atoms with Crippen LogP contribution >= 0.6 is 0 Å². The molecule has 382 valence electrons. The molecule has 4 rings (SSSR count). The molecule has 0 aromatic carbocycles. The van der Waals surface area contributed by atoms with Crippen molar-refractivity contribution in [3.8, 4) is 0 Å². The maximum Gasteiger partial charge on any atom is 0.217 e. The highest BCUT2D eigenvalue weighted by atomic mass is 16.6. The molecule has 0 saturated carbocycles. The van der Waals surface area contributed by atoms with Crippen molar-refractivity contribution in [2.45, 2.75) is 138 Å². The highest BCUT2D eigenvalue weighted by Crippen LogP contribution is 2.33. The zero-order valence-electron chi connectivity index (χ0n) is 38.5. The highest BCUT2D eigenvalue weighted by Gasteiger charge is 2.50. The van der Waals surface area contributed by atoms with Crippen molar-refractivity contribution in [2.75, 3.05) is 79.8 Å². The van der Waals surface area contributed by atoms with Gasteiger partial charge in [0.15, 0.2) is 0 Å². The molecular weight excluding hydrogens is 880 g/mol. The smallest absolute Gasteiger partial charge is 0.217 e. The maximum atomic E-state index is 12.4. The Labute approximate surface area is 384 Å². The van der Waals surface area contributed by atoms with Gasteiger partial charge in [0, 0.05) is 58.5 Å². The van der Waals surface area contributed by atoms with E-state index in [2.05, 4.69) is 21.3 Å². The Hall–Kier alpha value is -2.76. The van der Waals surface area contributed by atoms with Crippen molar-refractivity contribution in [2.24, 2.45) is 23.7 Å². The standard InChI is InChI=1S/C42H74N4O20/c1-7-23-27(8-47)63-32(36(39(23)55)44-20(3)52)16-60-13-25-29(10-49)65-34(38(41(25)57)46-22(5)54)18-62-14-26-30(11-50)66-33(37(42(26)58)45-21(4)53)17-61-12-24-28(9-48)64-31(15-59-6)35(40(24)56)43-19(2)51/h23-42,47-50,55-58H,7-18H2,1-6H3,(H,43,51)(H,44,52)(H,45,53)(H,46,54)/t23?,24?,25?,26?,27?,28-,29-,30?,31+,32?,33?,34-,35?,36?,37?,38?,39?,40?,41?,42?/m0/s1. The number of carbonyl (C=O) groups is 4. The second-order valence-electron chi connectivity index (χ2n) is 17.6. The van der Waals surface area contributed by atoms with Gasteiger partial charge in [0.25, 0.3) is 0 Å². The maximum absolute atomic E-state index is 12.4. The number of hydrogen-bond acceptors (Lipinski definition) is 20. The summed E-state index contributed by atoms with van der Waals surface area (Å²) in [7, 11) is 1.43. The molecule has 0 bridgehead atoms. The Morgan fingerprint density at radius 2 is 0.652 bits per heavy atom. The first-order valence-electron chi connectivity index (χ1n) is 22.5. The fraction of sp³-hybridized carbons (Fsp3) is 0.905. The molecule has 24 heteroatoms. The van der Waals surface area contributed by atoms with Gasteiger partial charge in [-0.3, -0.25) is 19.2 Å². The van der Waals surface area contributed by atoms with Gasteiger partial charge in [-0.1, -0.05) is 6.92 Å². The molecule has 0 aromatic heterocycles. The number of ether oxygens (including phenoxy) is 8. The van der Waals surface area contributed by atoms with Crippen molar-refractivity contribution in [3.63, 3.8) is 0 Å². The van der Waals surface area contributed by atoms with Gasteiger partial charge < -0.3 is 100 Å². The second kappa shape index (κ2) is 26.8. The molecule has 12 N–H and O–H groups in total. The van der Waals surface area contributed by atoms with E-state index in [1.165, 1.54) is 34.8 Å². The van der Waals surface area contributed by atoms with E-state index in [0.717, 1.165) is 0 Å². The van der Waals surface area contributed by atoms with Gasteiger partial charge in [-0.15, -0.1) is 0 Å². The van der Waals surface area contributed by atoms with Crippen LogP contribution in [0, 0.1) is 23.7 Å². The molecule has 0 radical (unpaired) electrons. The molecule has 0 aromatic rings. The largest absolute Gasteiger partial charge is 0.394 e. The van der Waals surface area contributed by atoms with Gasteiger partial charge >= 0.3 is 0 Å². The molecule has 4 aliphatic rings. The average molecular weight is 955 g/mol. The van der Waals surface area contributed by atoms with Gasteiger partial charge in [0.05, 0.1) is 146 Å². The lowest BCUT2D eigenvalue weighted by Crippen LogP contribution is -2.65. The Balaban J connectivity index is 1.40. The van der Waals surface area contributed by atoms with Gasteiger partial charge in [0.2, 0.25) is 23.6 Å². The lowest BCUT2D eigenvalue weighted by Gasteiger charge is -2.46. The van der Waals surface area contributed by atoms with Crippen LogP contribution in [0.4, 0.5) is 0 Å². The molecular formula is C42H74N4O20. The zero-order valence-corrected chi connectivity index (χ0v) is 38.5. The molecule has 4 saturated heterocycles. The molecule has 0 spiro atoms. The van der Waals surface area contributed by atoms with Gasteiger partial charge in [-0.2, -0.15) is 0 Å². The third-order valence-corrected chi connectivity index (χ3v) is 12.9. The predicted molar refractivity (Wildman–Crippen MR) is 226 cm³/mol. The lowest BCUT2D eigenvalue weighted by atomic mass is 9.83. The molecule has 0 aliphatic carbocycles. The topological polar surface area (TPSA) is 352 Å². The number of amides is 4. The summed E-state index contributed by atoms with van der Waals surface area (Å²) in [5, 5.41) is 97.2. The number of hydrogen-bond donors (Lipinski definition) is 12. The monoisotopic (exact) mass is 954 g/mol. The summed E-state index contributed by atoms with van der Waals surface area (Å²) in [6.07, 6.45) is -12.0. The van der Waals surface area contributed by atoms with Crippen LogP contribution < -0.4 is 21.3 Å². The Bertz CT molecular complexity index is 1520. The fourth-order valence-electron chi connectivity index (χ4n) is 9.65. The van der Waals surface area contributed by atoms with E-state index in [1.54, 1.807) is 0 Å². The molecule has 4 amide bonds. The summed E-state index contributed by atoms with van der Waals surface area (Å²) in [4.78, 5) is 48.7. The number of methoxy groups -OCH3 is 1. The normalized spacial score (nSPS) is 39.4. The van der Waals surface area contributed by atoms with Crippen LogP contribution in [-0.2, 0) is 57.1 Å². The third kappa shape index (κ3) is 14.4. The first-order chi connectivity index (χ1) is 31.4. The van der Waals surface area contributed by atoms with Crippen molar-refractivity contribution in [1.82, 2.24) is 21.3 Å². The van der Waals surface area contributed by atoms with E-state index in [9.17, 15) is 60.0 Å². The Morgan fingerprint density at radius 1 is 0.409 bits per heavy atom. The molecule has 24 nitrogen and oxygen atoms in total. The zero-order chi connectivity index (χ0) is 48.8. The van der Waals surface area contributed by atoms with E-state index in [0.29, 0.717) is 6.42 Å². The molecule has 4 heterocycles. The number of aliphatic hydroxyl groups is 8. The van der Waals surface area contributed by atoms with E-state index >= 15 is 0 Å². The summed E-state index contributed by atoms with van der Waals surface area (Å²) >= 11 is 0. The van der Waals surface area contributed by atoms with Crippen molar-refractivity contribution >= 4 is 23.6 Å². The van der Waals surface area contributed by atoms with Gasteiger partial charge in [-0.25, -0.2) is 0 Å². The van der Waals surface area contributed by atoms with Gasteiger partial charge in [-0.05, 0) is 6.42 Å². The minimum Gasteiger partial charge on any atom is -0.394 e. The Kier molecular flexibility index (Phi) is 22.7. The van der Waals surface area contributed by atoms with Crippen molar-refractivity contribution < 1.29 is 97.9 Å². The molecule has 66 heavy (non-hydrogen) atoms. The second-order valence-corrected chi connectivity index (χ2v) is 17.6. The lowest BCUT2D eigenvalue weighted by molar-refractivity contribution is -0.218. The molecule has 4 aliphatic heterocycles. The first-order valence-corrected chi connectivity index (χ1v) is 22.5. The number of nitrogens with one attached hydrogen (secondary N) is 4. The van der Waals surface area contributed by atoms with E-state index in [1.807, 2.05) is 6.92 Å². The molecule has 4 fully saturated rings. The van der Waals surface area contributed by atoms with E-state index < -0.39 is 165 Å². The van der Waals surface area contributed by atoms with Gasteiger partial charge in [0.1, 0.15) is 24.4 Å². The van der Waals surface area contributed by atoms with Crippen LogP contribution in [0.2, 0.25) is 0 Å². The number of rotatable bonds is 23. The summed E-state index contributed by atoms with van der Waals surface area (Å²) in [5.41, 5.74) is 0. The Morgan fingerprint density at radius 3 is 0.879 bits per heavy atom. The number of aliphatic hydroxyl groups excluding tert-OH is 8. The van der Waals surface area contributed by atoms with Crippen LogP contribution in [-0.4, -0.2) is 242 Å². The summed E-state index contributed by atoms with van der Waals surface area (Å²) in [6.45, 7) is 3.46. The number of carbonyl (C=O) groups excluding carboxylic acids is 4. The summed E-state index contributed by atoms with van der Waals surface area (Å²) in [6, 6.07) is -3.92. The minimum atomic E-state index is -1.38. The molecule has 20 atom stereocenters. The third-order valence-electron chi connectivity index (χ3n) is 12.9. The average Bonchev–Trinajstić information content (AvgIpc) is 3.26. The van der Waals surface area contributed by atoms with Crippen LogP contribution in [0.5, 0.6) is 0 Å². The van der Waals surface area contributed by atoms with E-state index in [-0.39, 0.29) is 52.9 Å². The fourth-order valence-corrected chi connectivity index (χ4v) is 9.65. The van der Waals surface area contributed by atoms with Crippen molar-refractivity contribution in [1.29, 1.82) is 0 Å². The van der Waals surface area contributed by atoms with Crippen molar-refractivity contribution in [3.05, 3.63) is 0 Å². The SMILES string of the molecule is CCC1C(CO)OC(COCC2C(O)C(NC(C)=O)[C@H](COCC3C(CO)OC(COCC4C(O)C(NC(C)=O)[C@@H](COC)O[C@H]4CO)C(NC(C)=O)C3O)O[C@H]2CO)C(NC(C)=O)C1O. The summed E-state index contributed by atoms with van der Waals surface area (Å²) < 4.78 is 47.4. The van der Waals surface area contributed by atoms with Crippen LogP contribution in [0.1, 0.15) is 41.0 Å². The van der Waals surface area contributed by atoms with Crippen LogP contribution in [0.15, 0.2) is 0 Å². The molecule has 16 unspecified atom stereocenters. The van der Waals surface area contributed by atoms with Crippen LogP contribution in [0.3, 0.4) is 0 Å². The highest BCUT2D eigenvalue weighted by molar-refractivity contribution is 5.74. The summed E-state index contributed by atoms with van der Waals surface area (Å²) in [5.74, 6) is -5.01. The van der Waals surface area contributed by atoms with E-state index in [4.69, 9.17) is 37.9 Å². The predicted octanol–water partition coefficient (Wildman–Crippen LogP) is -5.94. The first kappa shape index (κ1) is 55.8. The quantitative estimate of drug-likeness (QED) is 0.0454. The van der Waals surface area contributed by atoms with Crippen LogP contribution in [0.25, 0.3) is 0 Å². The minimum absolute atomic E-state index is 0.0263.